The van der Waals surface area contributed by atoms with Crippen molar-refractivity contribution in [1.82, 2.24) is 0 Å². The Kier molecular flexibility index (Phi) is 6.80. The molecule has 0 spiro atoms. The van der Waals surface area contributed by atoms with Crippen LogP contribution in [0.2, 0.25) is 0 Å². The Hall–Kier alpha value is -2.80. The van der Waals surface area contributed by atoms with E-state index >= 15 is 0 Å². The predicted octanol–water partition coefficient (Wildman–Crippen LogP) is 3.08. The first-order valence-electron chi connectivity index (χ1n) is 8.06. The molecule has 0 heterocycles. The van der Waals surface area contributed by atoms with Crippen molar-refractivity contribution in [3.63, 3.8) is 0 Å². The van der Waals surface area contributed by atoms with Crippen LogP contribution in [0.4, 0.5) is 5.69 Å². The highest BCUT2D eigenvalue weighted by Gasteiger charge is 2.21. The molecule has 0 aliphatic heterocycles. The molecule has 0 bridgehead atoms. The van der Waals surface area contributed by atoms with E-state index in [2.05, 4.69) is 5.32 Å². The molecule has 1 atom stereocenters. The standard InChI is InChI=1S/C19H20N2O4S/c1-3-26-16-7-5-4-6-15(16)19(24)25-12(2)18(23)21-14-10-8-13(9-11-14)17(20)22/h4-12H,3H2,1-2H3,(H2,20,22)(H,21,23)/t12-/m0/s1. The quantitative estimate of drug-likeness (QED) is 0.575. The number of anilines is 1. The largest absolute Gasteiger partial charge is 0.449 e. The summed E-state index contributed by atoms with van der Waals surface area (Å²) in [5.74, 6) is -0.741. The molecule has 0 fully saturated rings. The van der Waals surface area contributed by atoms with Gasteiger partial charge in [0.1, 0.15) is 0 Å². The van der Waals surface area contributed by atoms with Crippen LogP contribution in [0, 0.1) is 0 Å². The van der Waals surface area contributed by atoms with E-state index < -0.39 is 23.9 Å². The molecule has 2 aromatic carbocycles. The Balaban J connectivity index is 2.00. The summed E-state index contributed by atoms with van der Waals surface area (Å²) < 4.78 is 5.28. The maximum atomic E-state index is 12.4. The van der Waals surface area contributed by atoms with E-state index in [0.717, 1.165) is 10.6 Å². The second-order valence-corrected chi connectivity index (χ2v) is 6.71. The van der Waals surface area contributed by atoms with E-state index in [1.54, 1.807) is 24.3 Å². The summed E-state index contributed by atoms with van der Waals surface area (Å²) >= 11 is 1.53. The smallest absolute Gasteiger partial charge is 0.340 e. The minimum Gasteiger partial charge on any atom is -0.449 e. The first kappa shape index (κ1) is 19.5. The maximum absolute atomic E-state index is 12.4. The molecule has 2 rings (SSSR count). The first-order chi connectivity index (χ1) is 12.4. The topological polar surface area (TPSA) is 98.5 Å². The second-order valence-electron chi connectivity index (χ2n) is 5.41. The number of nitrogens with one attached hydrogen (secondary N) is 1. The molecule has 0 aliphatic rings. The Morgan fingerprint density at radius 1 is 1.12 bits per heavy atom. The minimum absolute atomic E-state index is 0.340. The van der Waals surface area contributed by atoms with E-state index in [1.165, 1.54) is 30.8 Å². The molecule has 0 aliphatic carbocycles. The van der Waals surface area contributed by atoms with Gasteiger partial charge in [-0.15, -0.1) is 11.8 Å². The SMILES string of the molecule is CCSc1ccccc1C(=O)O[C@@H](C)C(=O)Nc1ccc(C(N)=O)cc1. The maximum Gasteiger partial charge on any atom is 0.340 e. The number of esters is 1. The predicted molar refractivity (Wildman–Crippen MR) is 101 cm³/mol. The van der Waals surface area contributed by atoms with E-state index in [-0.39, 0.29) is 0 Å². The molecule has 0 aromatic heterocycles. The lowest BCUT2D eigenvalue weighted by Crippen LogP contribution is -2.30. The van der Waals surface area contributed by atoms with Gasteiger partial charge in [-0.1, -0.05) is 19.1 Å². The number of carbonyl (C=O) groups is 3. The average Bonchev–Trinajstić information content (AvgIpc) is 2.62. The molecular weight excluding hydrogens is 352 g/mol. The van der Waals surface area contributed by atoms with E-state index in [4.69, 9.17) is 10.5 Å². The van der Waals surface area contributed by atoms with Gasteiger partial charge in [-0.2, -0.15) is 0 Å². The minimum atomic E-state index is -0.974. The number of hydrogen-bond donors (Lipinski definition) is 2. The molecule has 2 amide bonds. The average molecular weight is 372 g/mol. The van der Waals surface area contributed by atoms with Crippen molar-refractivity contribution >= 4 is 35.2 Å². The molecule has 3 N–H and O–H groups in total. The zero-order chi connectivity index (χ0) is 19.1. The Bertz CT molecular complexity index is 805. The van der Waals surface area contributed by atoms with E-state index in [0.29, 0.717) is 16.8 Å². The number of benzene rings is 2. The van der Waals surface area contributed by atoms with Crippen molar-refractivity contribution in [2.24, 2.45) is 5.73 Å². The Morgan fingerprint density at radius 3 is 2.38 bits per heavy atom. The fourth-order valence-electron chi connectivity index (χ4n) is 2.16. The third-order valence-electron chi connectivity index (χ3n) is 3.50. The number of ether oxygens (including phenoxy) is 1. The van der Waals surface area contributed by atoms with Gasteiger partial charge in [-0.25, -0.2) is 4.79 Å². The number of thioether (sulfide) groups is 1. The third-order valence-corrected chi connectivity index (χ3v) is 4.45. The summed E-state index contributed by atoms with van der Waals surface area (Å²) in [6, 6.07) is 13.2. The van der Waals surface area contributed by atoms with Gasteiger partial charge in [0.2, 0.25) is 5.91 Å². The highest BCUT2D eigenvalue weighted by atomic mass is 32.2. The second kappa shape index (κ2) is 9.05. The lowest BCUT2D eigenvalue weighted by atomic mass is 10.2. The van der Waals surface area contributed by atoms with Crippen LogP contribution in [0.3, 0.4) is 0 Å². The fourth-order valence-corrected chi connectivity index (χ4v) is 2.95. The molecule has 0 unspecified atom stereocenters. The monoisotopic (exact) mass is 372 g/mol. The van der Waals surface area contributed by atoms with E-state index in [1.807, 2.05) is 19.1 Å². The number of nitrogens with two attached hydrogens (primary N) is 1. The Morgan fingerprint density at radius 2 is 1.77 bits per heavy atom. The van der Waals surface area contributed by atoms with Gasteiger partial charge >= 0.3 is 5.97 Å². The van der Waals surface area contributed by atoms with Crippen molar-refractivity contribution in [2.45, 2.75) is 24.8 Å². The molecular formula is C19H20N2O4S. The number of hydrogen-bond acceptors (Lipinski definition) is 5. The van der Waals surface area contributed by atoms with Gasteiger partial charge in [0.15, 0.2) is 6.10 Å². The number of rotatable bonds is 7. The lowest BCUT2D eigenvalue weighted by Gasteiger charge is -2.15. The third kappa shape index (κ3) is 5.10. The normalized spacial score (nSPS) is 11.5. The molecule has 0 saturated carbocycles. The summed E-state index contributed by atoms with van der Waals surface area (Å²) in [7, 11) is 0. The molecule has 0 radical (unpaired) electrons. The molecule has 26 heavy (non-hydrogen) atoms. The summed E-state index contributed by atoms with van der Waals surface area (Å²) in [6.07, 6.45) is -0.974. The van der Waals surface area contributed by atoms with Gasteiger partial charge in [0.05, 0.1) is 5.56 Å². The number of primary amides is 1. The zero-order valence-corrected chi connectivity index (χ0v) is 15.3. The lowest BCUT2D eigenvalue weighted by molar-refractivity contribution is -0.123. The van der Waals surface area contributed by atoms with Gasteiger partial charge in [0, 0.05) is 16.1 Å². The van der Waals surface area contributed by atoms with Crippen molar-refractivity contribution in [3.8, 4) is 0 Å². The van der Waals surface area contributed by atoms with Crippen LogP contribution in [0.5, 0.6) is 0 Å². The molecule has 0 saturated heterocycles. The molecule has 7 heteroatoms. The van der Waals surface area contributed by atoms with Crippen LogP contribution in [0.15, 0.2) is 53.4 Å². The van der Waals surface area contributed by atoms with E-state index in [9.17, 15) is 14.4 Å². The van der Waals surface area contributed by atoms with Crippen LogP contribution >= 0.6 is 11.8 Å². The summed E-state index contributed by atoms with van der Waals surface area (Å²) in [6.45, 7) is 3.49. The van der Waals surface area contributed by atoms with Crippen LogP contribution in [-0.2, 0) is 9.53 Å². The zero-order valence-electron chi connectivity index (χ0n) is 14.5. The molecule has 2 aromatic rings. The van der Waals surface area contributed by atoms with Crippen LogP contribution in [0.1, 0.15) is 34.6 Å². The van der Waals surface area contributed by atoms with Crippen molar-refractivity contribution in [2.75, 3.05) is 11.1 Å². The highest BCUT2D eigenvalue weighted by Crippen LogP contribution is 2.23. The van der Waals surface area contributed by atoms with Crippen LogP contribution in [0.25, 0.3) is 0 Å². The van der Waals surface area contributed by atoms with Crippen molar-refractivity contribution in [3.05, 3.63) is 59.7 Å². The van der Waals surface area contributed by atoms with Gasteiger partial charge in [0.25, 0.3) is 5.91 Å². The van der Waals surface area contributed by atoms with Gasteiger partial charge < -0.3 is 15.8 Å². The highest BCUT2D eigenvalue weighted by molar-refractivity contribution is 7.99. The molecule has 6 nitrogen and oxygen atoms in total. The Labute approximate surface area is 156 Å². The van der Waals surface area contributed by atoms with Gasteiger partial charge in [-0.3, -0.25) is 9.59 Å². The first-order valence-corrected chi connectivity index (χ1v) is 9.04. The number of carbonyl (C=O) groups excluding carboxylic acids is 3. The summed E-state index contributed by atoms with van der Waals surface area (Å²) in [5, 5.41) is 2.63. The van der Waals surface area contributed by atoms with Gasteiger partial charge in [-0.05, 0) is 49.1 Å². The van der Waals surface area contributed by atoms with Crippen LogP contribution in [-0.4, -0.2) is 29.6 Å². The molecule has 136 valence electrons. The summed E-state index contributed by atoms with van der Waals surface area (Å²) in [4.78, 5) is 36.4. The number of amides is 2. The fraction of sp³-hybridized carbons (Fsp3) is 0.211. The van der Waals surface area contributed by atoms with Crippen molar-refractivity contribution in [1.29, 1.82) is 0 Å². The van der Waals surface area contributed by atoms with Crippen molar-refractivity contribution < 1.29 is 19.1 Å². The summed E-state index contributed by atoms with van der Waals surface area (Å²) in [5.41, 5.74) is 6.42. The van der Waals surface area contributed by atoms with Crippen LogP contribution < -0.4 is 11.1 Å².